The molecule has 230 valence electrons. The number of hydrazone groups is 1. The van der Waals surface area contributed by atoms with E-state index in [0.717, 1.165) is 24.1 Å². The second kappa shape index (κ2) is 12.3. The van der Waals surface area contributed by atoms with E-state index in [1.165, 1.54) is 5.01 Å². The standard InChI is InChI=1S/C37H33N5O3S/c1-27-20-22-40(23-21-27)46(44,45)33-19-11-14-29(24-33)35-30(26-41(38-35)31-15-7-3-8-16-31)25-34-36(28-12-5-2-6-13-28)39-42(37(34)43)32-17-9-4-10-18-32/h2-19,24-27H,20-23H2,1H3. The highest BCUT2D eigenvalue weighted by atomic mass is 32.2. The highest BCUT2D eigenvalue weighted by Crippen LogP contribution is 2.33. The van der Waals surface area contributed by atoms with Crippen LogP contribution in [0.25, 0.3) is 23.0 Å². The first-order chi connectivity index (χ1) is 22.4. The van der Waals surface area contributed by atoms with Gasteiger partial charge in [0.1, 0.15) is 11.4 Å². The largest absolute Gasteiger partial charge is 0.281 e. The minimum Gasteiger partial charge on any atom is -0.267 e. The number of hydrogen-bond donors (Lipinski definition) is 0. The molecule has 1 fully saturated rings. The third kappa shape index (κ3) is 5.71. The summed E-state index contributed by atoms with van der Waals surface area (Å²) in [5, 5.41) is 11.1. The molecule has 0 atom stereocenters. The van der Waals surface area contributed by atoms with E-state index in [1.54, 1.807) is 27.2 Å². The Morgan fingerprint density at radius 1 is 0.761 bits per heavy atom. The number of para-hydroxylation sites is 2. The van der Waals surface area contributed by atoms with Gasteiger partial charge in [-0.05, 0) is 61.2 Å². The van der Waals surface area contributed by atoms with Crippen molar-refractivity contribution in [2.24, 2.45) is 11.0 Å². The number of benzene rings is 4. The van der Waals surface area contributed by atoms with Gasteiger partial charge in [-0.15, -0.1) is 0 Å². The van der Waals surface area contributed by atoms with Gasteiger partial charge in [0.15, 0.2) is 0 Å². The van der Waals surface area contributed by atoms with Gasteiger partial charge in [-0.2, -0.15) is 19.5 Å². The molecular weight excluding hydrogens is 595 g/mol. The molecule has 0 radical (unpaired) electrons. The molecule has 0 unspecified atom stereocenters. The molecule has 2 aliphatic rings. The van der Waals surface area contributed by atoms with Crippen LogP contribution >= 0.6 is 0 Å². The number of rotatable bonds is 7. The first kappa shape index (κ1) is 29.6. The van der Waals surface area contributed by atoms with Gasteiger partial charge in [-0.25, -0.2) is 13.1 Å². The van der Waals surface area contributed by atoms with E-state index >= 15 is 0 Å². The fourth-order valence-corrected chi connectivity index (χ4v) is 7.38. The number of nitrogens with zero attached hydrogens (tertiary/aromatic N) is 5. The fraction of sp³-hybridized carbons (Fsp3) is 0.162. The maximum absolute atomic E-state index is 14.0. The molecule has 1 aromatic heterocycles. The van der Waals surface area contributed by atoms with Crippen LogP contribution in [0.2, 0.25) is 0 Å². The molecule has 4 aromatic carbocycles. The second-order valence-corrected chi connectivity index (χ2v) is 13.6. The Morgan fingerprint density at radius 3 is 2.04 bits per heavy atom. The zero-order valence-electron chi connectivity index (χ0n) is 25.4. The molecule has 0 bridgehead atoms. The van der Waals surface area contributed by atoms with Crippen molar-refractivity contribution >= 4 is 33.4 Å². The lowest BCUT2D eigenvalue weighted by Crippen LogP contribution is -2.37. The van der Waals surface area contributed by atoms with Gasteiger partial charge >= 0.3 is 0 Å². The number of carbonyl (C=O) groups excluding carboxylic acids is 1. The van der Waals surface area contributed by atoms with E-state index in [-0.39, 0.29) is 10.8 Å². The number of hydrogen-bond acceptors (Lipinski definition) is 5. The van der Waals surface area contributed by atoms with Crippen LogP contribution in [0, 0.1) is 5.92 Å². The van der Waals surface area contributed by atoms with E-state index in [0.29, 0.717) is 52.8 Å². The minimum absolute atomic E-state index is 0.228. The summed E-state index contributed by atoms with van der Waals surface area (Å²) in [6.45, 7) is 3.18. The van der Waals surface area contributed by atoms with Crippen molar-refractivity contribution in [3.8, 4) is 16.9 Å². The van der Waals surface area contributed by atoms with Crippen molar-refractivity contribution in [1.29, 1.82) is 0 Å². The highest BCUT2D eigenvalue weighted by molar-refractivity contribution is 7.89. The zero-order chi connectivity index (χ0) is 31.7. The third-order valence-corrected chi connectivity index (χ3v) is 10.4. The van der Waals surface area contributed by atoms with Crippen molar-refractivity contribution in [2.45, 2.75) is 24.7 Å². The first-order valence-corrected chi connectivity index (χ1v) is 16.8. The summed E-state index contributed by atoms with van der Waals surface area (Å²) in [6.07, 6.45) is 5.37. The molecule has 1 saturated heterocycles. The van der Waals surface area contributed by atoms with Gasteiger partial charge in [0.05, 0.1) is 21.8 Å². The van der Waals surface area contributed by atoms with Crippen LogP contribution in [0.1, 0.15) is 30.9 Å². The number of aromatic nitrogens is 2. The summed E-state index contributed by atoms with van der Waals surface area (Å²) >= 11 is 0. The predicted octanol–water partition coefficient (Wildman–Crippen LogP) is 6.79. The minimum atomic E-state index is -3.68. The van der Waals surface area contributed by atoms with Gasteiger partial charge in [-0.3, -0.25) is 4.79 Å². The summed E-state index contributed by atoms with van der Waals surface area (Å²) < 4.78 is 30.7. The van der Waals surface area contributed by atoms with Crippen molar-refractivity contribution in [2.75, 3.05) is 18.1 Å². The van der Waals surface area contributed by atoms with E-state index in [9.17, 15) is 13.2 Å². The highest BCUT2D eigenvalue weighted by Gasteiger charge is 2.33. The molecule has 3 heterocycles. The molecule has 7 rings (SSSR count). The fourth-order valence-electron chi connectivity index (χ4n) is 5.86. The summed E-state index contributed by atoms with van der Waals surface area (Å²) in [5.41, 5.74) is 5.11. The quantitative estimate of drug-likeness (QED) is 0.186. The maximum atomic E-state index is 14.0. The average Bonchev–Trinajstić information content (AvgIpc) is 3.67. The Morgan fingerprint density at radius 2 is 1.37 bits per heavy atom. The van der Waals surface area contributed by atoms with Gasteiger partial charge in [0.2, 0.25) is 10.0 Å². The SMILES string of the molecule is CC1CCN(S(=O)(=O)c2cccc(-c3nn(-c4ccccc4)cc3C=C3C(=O)N(c4ccccc4)N=C3c3ccccc3)c2)CC1. The number of piperidine rings is 1. The number of carbonyl (C=O) groups is 1. The Labute approximate surface area is 269 Å². The van der Waals surface area contributed by atoms with Crippen LogP contribution < -0.4 is 5.01 Å². The van der Waals surface area contributed by atoms with Crippen molar-refractivity contribution in [3.05, 3.63) is 138 Å². The van der Waals surface area contributed by atoms with Crippen LogP contribution in [0.3, 0.4) is 0 Å². The predicted molar refractivity (Wildman–Crippen MR) is 181 cm³/mol. The zero-order valence-corrected chi connectivity index (χ0v) is 26.2. The topological polar surface area (TPSA) is 87.9 Å². The van der Waals surface area contributed by atoms with Crippen molar-refractivity contribution in [1.82, 2.24) is 14.1 Å². The molecule has 46 heavy (non-hydrogen) atoms. The Hall–Kier alpha value is -5.12. The monoisotopic (exact) mass is 627 g/mol. The van der Waals surface area contributed by atoms with Crippen LogP contribution in [0.15, 0.2) is 137 Å². The van der Waals surface area contributed by atoms with Crippen molar-refractivity contribution < 1.29 is 13.2 Å². The summed E-state index contributed by atoms with van der Waals surface area (Å²) in [6, 6.07) is 35.6. The van der Waals surface area contributed by atoms with E-state index in [1.807, 2.05) is 109 Å². The number of amides is 1. The molecule has 0 N–H and O–H groups in total. The van der Waals surface area contributed by atoms with Gasteiger partial charge in [0, 0.05) is 36.0 Å². The van der Waals surface area contributed by atoms with Crippen molar-refractivity contribution in [3.63, 3.8) is 0 Å². The maximum Gasteiger partial charge on any atom is 0.281 e. The lowest BCUT2D eigenvalue weighted by atomic mass is 9.99. The van der Waals surface area contributed by atoms with Gasteiger partial charge in [0.25, 0.3) is 5.91 Å². The third-order valence-electron chi connectivity index (χ3n) is 8.48. The average molecular weight is 628 g/mol. The lowest BCUT2D eigenvalue weighted by molar-refractivity contribution is -0.114. The summed E-state index contributed by atoms with van der Waals surface area (Å²) in [4.78, 5) is 14.3. The van der Waals surface area contributed by atoms with E-state index in [2.05, 4.69) is 6.92 Å². The molecule has 2 aliphatic heterocycles. The first-order valence-electron chi connectivity index (χ1n) is 15.4. The van der Waals surface area contributed by atoms with Crippen LogP contribution in [0.5, 0.6) is 0 Å². The molecule has 5 aromatic rings. The molecular formula is C37H33N5O3S. The molecule has 0 saturated carbocycles. The Kier molecular flexibility index (Phi) is 7.94. The van der Waals surface area contributed by atoms with Gasteiger partial charge in [-0.1, -0.05) is 85.8 Å². The van der Waals surface area contributed by atoms with Crippen LogP contribution in [0.4, 0.5) is 5.69 Å². The lowest BCUT2D eigenvalue weighted by Gasteiger charge is -2.29. The summed E-state index contributed by atoms with van der Waals surface area (Å²) in [7, 11) is -3.68. The van der Waals surface area contributed by atoms with Crippen LogP contribution in [-0.4, -0.2) is 47.2 Å². The molecule has 0 spiro atoms. The number of sulfonamides is 1. The molecule has 0 aliphatic carbocycles. The van der Waals surface area contributed by atoms with Crippen LogP contribution in [-0.2, 0) is 14.8 Å². The Balaban J connectivity index is 1.36. The summed E-state index contributed by atoms with van der Waals surface area (Å²) in [5.74, 6) is 0.245. The molecule has 1 amide bonds. The Bertz CT molecular complexity index is 2050. The normalized spacial score (nSPS) is 17.1. The molecule has 8 nitrogen and oxygen atoms in total. The van der Waals surface area contributed by atoms with Gasteiger partial charge < -0.3 is 0 Å². The number of anilines is 1. The molecule has 9 heteroatoms. The smallest absolute Gasteiger partial charge is 0.267 e. The van der Waals surface area contributed by atoms with E-state index < -0.39 is 10.0 Å². The van der Waals surface area contributed by atoms with E-state index in [4.69, 9.17) is 10.2 Å². The second-order valence-electron chi connectivity index (χ2n) is 11.7.